The van der Waals surface area contributed by atoms with E-state index in [1.807, 2.05) is 17.7 Å². The molecule has 1 amide bonds. The van der Waals surface area contributed by atoms with Crippen molar-refractivity contribution < 1.29 is 14.3 Å². The normalized spacial score (nSPS) is 22.2. The molecule has 0 N–H and O–H groups in total. The highest BCUT2D eigenvalue weighted by Gasteiger charge is 2.37. The first kappa shape index (κ1) is 16.0. The van der Waals surface area contributed by atoms with Crippen molar-refractivity contribution in [1.29, 1.82) is 0 Å². The number of esters is 1. The zero-order valence-electron chi connectivity index (χ0n) is 14.1. The quantitative estimate of drug-likeness (QED) is 0.781. The van der Waals surface area contributed by atoms with E-state index in [4.69, 9.17) is 4.74 Å². The van der Waals surface area contributed by atoms with E-state index >= 15 is 0 Å². The van der Waals surface area contributed by atoms with Gasteiger partial charge in [-0.3, -0.25) is 9.48 Å². The lowest BCUT2D eigenvalue weighted by molar-refractivity contribution is -0.147. The lowest BCUT2D eigenvalue weighted by atomic mass is 10.2. The van der Waals surface area contributed by atoms with Crippen LogP contribution in [-0.4, -0.2) is 45.8 Å². The molecule has 3 rings (SSSR count). The summed E-state index contributed by atoms with van der Waals surface area (Å²) in [6.45, 7) is 6.85. The summed E-state index contributed by atoms with van der Waals surface area (Å²) in [6.07, 6.45) is 3.97. The van der Waals surface area contributed by atoms with Gasteiger partial charge in [-0.1, -0.05) is 0 Å². The minimum atomic E-state index is -0.464. The van der Waals surface area contributed by atoms with Crippen LogP contribution in [0.4, 0.5) is 0 Å². The Labute approximate surface area is 136 Å². The van der Waals surface area contributed by atoms with E-state index in [1.165, 1.54) is 12.8 Å². The molecule has 2 aliphatic rings. The Balaban J connectivity index is 1.77. The Morgan fingerprint density at radius 2 is 2.13 bits per heavy atom. The van der Waals surface area contributed by atoms with Gasteiger partial charge in [0.2, 0.25) is 0 Å². The molecular formula is C17H25N3O3. The highest BCUT2D eigenvalue weighted by Crippen LogP contribution is 2.39. The molecule has 6 heteroatoms. The van der Waals surface area contributed by atoms with Crippen molar-refractivity contribution in [2.45, 2.75) is 58.5 Å². The molecule has 126 valence electrons. The van der Waals surface area contributed by atoms with E-state index in [0.29, 0.717) is 37.2 Å². The smallest absolute Gasteiger partial charge is 0.328 e. The van der Waals surface area contributed by atoms with Crippen LogP contribution >= 0.6 is 0 Å². The number of aromatic nitrogens is 2. The van der Waals surface area contributed by atoms with Crippen molar-refractivity contribution in [1.82, 2.24) is 14.7 Å². The van der Waals surface area contributed by atoms with E-state index in [-0.39, 0.29) is 11.9 Å². The van der Waals surface area contributed by atoms with Gasteiger partial charge in [0.15, 0.2) is 5.69 Å². The number of nitrogens with zero attached hydrogens (tertiary/aromatic N) is 3. The van der Waals surface area contributed by atoms with Gasteiger partial charge < -0.3 is 9.64 Å². The lowest BCUT2D eigenvalue weighted by Crippen LogP contribution is -2.41. The van der Waals surface area contributed by atoms with Gasteiger partial charge in [-0.25, -0.2) is 4.79 Å². The molecule has 1 aromatic rings. The zero-order valence-corrected chi connectivity index (χ0v) is 14.1. The number of hydrogen-bond donors (Lipinski definition) is 0. The summed E-state index contributed by atoms with van der Waals surface area (Å²) in [7, 11) is 0. The molecule has 2 fully saturated rings. The van der Waals surface area contributed by atoms with Crippen molar-refractivity contribution in [3.05, 3.63) is 17.5 Å². The third-order valence-electron chi connectivity index (χ3n) is 4.90. The summed E-state index contributed by atoms with van der Waals surface area (Å²) in [5, 5.41) is 4.53. The predicted octanol–water partition coefficient (Wildman–Crippen LogP) is 2.33. The Bertz CT molecular complexity index is 606. The van der Waals surface area contributed by atoms with Gasteiger partial charge in [0.05, 0.1) is 12.6 Å². The van der Waals surface area contributed by atoms with Gasteiger partial charge in [-0.15, -0.1) is 0 Å². The number of likely N-dealkylation sites (tertiary alicyclic amines) is 1. The number of hydrogen-bond acceptors (Lipinski definition) is 4. The molecule has 0 radical (unpaired) electrons. The molecule has 0 aromatic carbocycles. The molecule has 23 heavy (non-hydrogen) atoms. The topological polar surface area (TPSA) is 64.4 Å². The Morgan fingerprint density at radius 1 is 1.39 bits per heavy atom. The van der Waals surface area contributed by atoms with Crippen LogP contribution in [0.2, 0.25) is 0 Å². The summed E-state index contributed by atoms with van der Waals surface area (Å²) in [4.78, 5) is 26.4. The van der Waals surface area contributed by atoms with Gasteiger partial charge in [0.25, 0.3) is 5.91 Å². The summed E-state index contributed by atoms with van der Waals surface area (Å²) in [5.74, 6) is 0.210. The first-order chi connectivity index (χ1) is 11.0. The van der Waals surface area contributed by atoms with Crippen molar-refractivity contribution in [2.24, 2.45) is 5.92 Å². The third-order valence-corrected chi connectivity index (χ3v) is 4.90. The molecule has 6 nitrogen and oxygen atoms in total. The second-order valence-corrected chi connectivity index (χ2v) is 6.60. The Hall–Kier alpha value is -1.85. The van der Waals surface area contributed by atoms with Gasteiger partial charge in [0, 0.05) is 12.2 Å². The molecule has 1 aliphatic carbocycles. The maximum atomic E-state index is 12.8. The van der Waals surface area contributed by atoms with Crippen molar-refractivity contribution in [2.75, 3.05) is 13.2 Å². The number of carbonyl (C=O) groups is 2. The molecule has 2 atom stereocenters. The molecule has 1 saturated heterocycles. The van der Waals surface area contributed by atoms with Crippen LogP contribution in [0.5, 0.6) is 0 Å². The van der Waals surface area contributed by atoms with Crippen LogP contribution < -0.4 is 0 Å². The fraction of sp³-hybridized carbons (Fsp3) is 0.706. The van der Waals surface area contributed by atoms with Gasteiger partial charge in [0.1, 0.15) is 6.04 Å². The van der Waals surface area contributed by atoms with Crippen LogP contribution in [0.15, 0.2) is 6.07 Å². The second-order valence-electron chi connectivity index (χ2n) is 6.60. The zero-order chi connectivity index (χ0) is 16.6. The first-order valence-corrected chi connectivity index (χ1v) is 8.56. The fourth-order valence-electron chi connectivity index (χ4n) is 3.42. The monoisotopic (exact) mass is 319 g/mol. The Kier molecular flexibility index (Phi) is 4.41. The molecule has 2 heterocycles. The van der Waals surface area contributed by atoms with Crippen molar-refractivity contribution in [3.63, 3.8) is 0 Å². The van der Waals surface area contributed by atoms with Crippen molar-refractivity contribution >= 4 is 11.9 Å². The largest absolute Gasteiger partial charge is 0.464 e. The van der Waals surface area contributed by atoms with Crippen LogP contribution in [0.3, 0.4) is 0 Å². The van der Waals surface area contributed by atoms with E-state index in [1.54, 1.807) is 11.8 Å². The van der Waals surface area contributed by atoms with E-state index in [2.05, 4.69) is 12.0 Å². The number of aryl methyl sites for hydroxylation is 1. The average molecular weight is 319 g/mol. The van der Waals surface area contributed by atoms with Crippen LogP contribution in [0.25, 0.3) is 0 Å². The van der Waals surface area contributed by atoms with E-state index < -0.39 is 6.04 Å². The molecule has 0 bridgehead atoms. The van der Waals surface area contributed by atoms with Gasteiger partial charge in [-0.2, -0.15) is 5.10 Å². The van der Waals surface area contributed by atoms with Crippen LogP contribution in [-0.2, 0) is 9.53 Å². The molecule has 1 aliphatic heterocycles. The van der Waals surface area contributed by atoms with Gasteiger partial charge >= 0.3 is 5.97 Å². The van der Waals surface area contributed by atoms with E-state index in [0.717, 1.165) is 12.1 Å². The number of rotatable bonds is 5. The molecule has 1 saturated carbocycles. The van der Waals surface area contributed by atoms with Gasteiger partial charge in [-0.05, 0) is 58.4 Å². The second kappa shape index (κ2) is 6.34. The molecular weight excluding hydrogens is 294 g/mol. The summed E-state index contributed by atoms with van der Waals surface area (Å²) in [6, 6.07) is 1.70. The third kappa shape index (κ3) is 3.12. The fourth-order valence-corrected chi connectivity index (χ4v) is 3.42. The number of ether oxygens (including phenoxy) is 1. The number of carbonyl (C=O) groups excluding carboxylic acids is 2. The summed E-state index contributed by atoms with van der Waals surface area (Å²) >= 11 is 0. The minimum Gasteiger partial charge on any atom is -0.464 e. The molecule has 1 unspecified atom stereocenters. The highest BCUT2D eigenvalue weighted by molar-refractivity contribution is 5.95. The molecule has 0 spiro atoms. The predicted molar refractivity (Wildman–Crippen MR) is 85.1 cm³/mol. The number of amides is 1. The SMILES string of the molecule is CCOC(=O)[C@H]1CCCN1C(=O)c1cc(C)n(C(C)C2CC2)n1. The summed E-state index contributed by atoms with van der Waals surface area (Å²) < 4.78 is 7.05. The maximum Gasteiger partial charge on any atom is 0.328 e. The van der Waals surface area contributed by atoms with Crippen LogP contribution in [0.1, 0.15) is 61.8 Å². The van der Waals surface area contributed by atoms with E-state index in [9.17, 15) is 9.59 Å². The maximum absolute atomic E-state index is 12.8. The Morgan fingerprint density at radius 3 is 2.78 bits per heavy atom. The van der Waals surface area contributed by atoms with Crippen LogP contribution in [0, 0.1) is 12.8 Å². The minimum absolute atomic E-state index is 0.162. The lowest BCUT2D eigenvalue weighted by Gasteiger charge is -2.22. The summed E-state index contributed by atoms with van der Waals surface area (Å²) in [5.41, 5.74) is 1.44. The highest BCUT2D eigenvalue weighted by atomic mass is 16.5. The first-order valence-electron chi connectivity index (χ1n) is 8.56. The standard InChI is InChI=1S/C17H25N3O3/c1-4-23-17(22)15-6-5-9-19(15)16(21)14-10-11(2)20(18-14)12(3)13-7-8-13/h10,12-13,15H,4-9H2,1-3H3/t12?,15-/m1/s1. The van der Waals surface area contributed by atoms with Crippen molar-refractivity contribution in [3.8, 4) is 0 Å². The molecule has 1 aromatic heterocycles. The average Bonchev–Trinajstić information content (AvgIpc) is 3.13.